The summed E-state index contributed by atoms with van der Waals surface area (Å²) < 4.78 is 1.22. The molecule has 2 nitrogen and oxygen atoms in total. The molecule has 21 heavy (non-hydrogen) atoms. The number of hydrogen-bond acceptors (Lipinski definition) is 3. The minimum atomic E-state index is 0.305. The van der Waals surface area contributed by atoms with Crippen LogP contribution in [0.5, 0.6) is 0 Å². The highest BCUT2D eigenvalue weighted by Crippen LogP contribution is 2.39. The lowest BCUT2D eigenvalue weighted by molar-refractivity contribution is 0.0443. The number of nitrogens with zero attached hydrogens (tertiary/aromatic N) is 1. The summed E-state index contributed by atoms with van der Waals surface area (Å²) in [5.74, 6) is 0.885. The van der Waals surface area contributed by atoms with Gasteiger partial charge in [-0.2, -0.15) is 0 Å². The van der Waals surface area contributed by atoms with Gasteiger partial charge in [0.1, 0.15) is 0 Å². The van der Waals surface area contributed by atoms with E-state index in [0.29, 0.717) is 11.6 Å². The molecule has 0 aromatic carbocycles. The van der Waals surface area contributed by atoms with E-state index in [1.807, 2.05) is 11.3 Å². The molecule has 1 aromatic heterocycles. The second kappa shape index (κ2) is 7.58. The maximum atomic E-state index is 3.80. The van der Waals surface area contributed by atoms with Gasteiger partial charge in [0.05, 0.1) is 0 Å². The zero-order valence-corrected chi connectivity index (χ0v) is 16.2. The van der Waals surface area contributed by atoms with Crippen LogP contribution in [0.2, 0.25) is 0 Å². The van der Waals surface area contributed by atoms with Crippen LogP contribution in [-0.4, -0.2) is 37.1 Å². The van der Waals surface area contributed by atoms with E-state index in [-0.39, 0.29) is 0 Å². The van der Waals surface area contributed by atoms with Crippen molar-refractivity contribution in [2.24, 2.45) is 5.92 Å². The Morgan fingerprint density at radius 3 is 2.57 bits per heavy atom. The van der Waals surface area contributed by atoms with Crippen LogP contribution in [0.25, 0.3) is 0 Å². The van der Waals surface area contributed by atoms with Crippen molar-refractivity contribution < 1.29 is 0 Å². The van der Waals surface area contributed by atoms with Gasteiger partial charge in [-0.05, 0) is 80.7 Å². The van der Waals surface area contributed by atoms with Gasteiger partial charge in [0.15, 0.2) is 0 Å². The lowest BCUT2D eigenvalue weighted by Crippen LogP contribution is -2.61. The summed E-state index contributed by atoms with van der Waals surface area (Å²) in [6.45, 7) is 5.67. The summed E-state index contributed by atoms with van der Waals surface area (Å²) in [5, 5.41) is 5.99. The Balaban J connectivity index is 2.20. The number of thiophene rings is 1. The SMILES string of the molecule is CCNC(Cc1cc(Br)cs1)C1(N(C)C)CCC(C)CC1. The summed E-state index contributed by atoms with van der Waals surface area (Å²) in [6.07, 6.45) is 6.47. The molecule has 1 atom stereocenters. The van der Waals surface area contributed by atoms with Gasteiger partial charge in [-0.15, -0.1) is 11.3 Å². The molecule has 1 aliphatic rings. The third kappa shape index (κ3) is 4.10. The molecule has 4 heteroatoms. The molecule has 1 saturated carbocycles. The van der Waals surface area contributed by atoms with Crippen molar-refractivity contribution in [1.29, 1.82) is 0 Å². The zero-order valence-electron chi connectivity index (χ0n) is 13.8. The molecule has 1 N–H and O–H groups in total. The van der Waals surface area contributed by atoms with Crippen LogP contribution in [-0.2, 0) is 6.42 Å². The average molecular weight is 373 g/mol. The molecule has 1 fully saturated rings. The topological polar surface area (TPSA) is 15.3 Å². The van der Waals surface area contributed by atoms with E-state index in [2.05, 4.69) is 65.5 Å². The quantitative estimate of drug-likeness (QED) is 0.788. The fraction of sp³-hybridized carbons (Fsp3) is 0.765. The summed E-state index contributed by atoms with van der Waals surface area (Å²) in [7, 11) is 4.54. The molecule has 0 spiro atoms. The molecule has 2 rings (SSSR count). The molecule has 0 saturated heterocycles. The molecule has 120 valence electrons. The first-order chi connectivity index (χ1) is 9.98. The molecule has 1 unspecified atom stereocenters. The molecule has 1 heterocycles. The lowest BCUT2D eigenvalue weighted by atomic mass is 9.71. The number of likely N-dealkylation sites (N-methyl/N-ethyl adjacent to an activating group) is 2. The maximum absolute atomic E-state index is 3.80. The van der Waals surface area contributed by atoms with E-state index >= 15 is 0 Å². The van der Waals surface area contributed by atoms with Crippen LogP contribution in [0, 0.1) is 5.92 Å². The molecule has 0 amide bonds. The van der Waals surface area contributed by atoms with Gasteiger partial charge in [0, 0.05) is 26.3 Å². The minimum absolute atomic E-state index is 0.305. The largest absolute Gasteiger partial charge is 0.312 e. The normalized spacial score (nSPS) is 28.0. The fourth-order valence-electron chi connectivity index (χ4n) is 3.73. The van der Waals surface area contributed by atoms with Gasteiger partial charge < -0.3 is 10.2 Å². The van der Waals surface area contributed by atoms with Crippen molar-refractivity contribution >= 4 is 27.3 Å². The lowest BCUT2D eigenvalue weighted by Gasteiger charge is -2.50. The summed E-state index contributed by atoms with van der Waals surface area (Å²) in [4.78, 5) is 3.97. The Labute approximate surface area is 142 Å². The van der Waals surface area contributed by atoms with Gasteiger partial charge in [-0.3, -0.25) is 0 Å². The van der Waals surface area contributed by atoms with Crippen molar-refractivity contribution in [3.8, 4) is 0 Å². The molecular formula is C17H29BrN2S. The predicted octanol–water partition coefficient (Wildman–Crippen LogP) is 4.54. The molecule has 1 aliphatic carbocycles. The second-order valence-electron chi connectivity index (χ2n) is 6.73. The van der Waals surface area contributed by atoms with Crippen molar-refractivity contribution in [1.82, 2.24) is 10.2 Å². The van der Waals surface area contributed by atoms with Crippen LogP contribution < -0.4 is 5.32 Å². The van der Waals surface area contributed by atoms with Crippen molar-refractivity contribution in [3.63, 3.8) is 0 Å². The molecular weight excluding hydrogens is 344 g/mol. The Hall–Kier alpha value is 0.1000. The standard InChI is InChI=1S/C17H29BrN2S/c1-5-19-16(11-15-10-14(18)12-21-15)17(20(3)4)8-6-13(2)7-9-17/h10,12-13,16,19H,5-9,11H2,1-4H3. The van der Waals surface area contributed by atoms with E-state index in [1.54, 1.807) is 0 Å². The van der Waals surface area contributed by atoms with Crippen LogP contribution in [0.15, 0.2) is 15.9 Å². The molecule has 0 radical (unpaired) electrons. The first-order valence-corrected chi connectivity index (χ1v) is 9.79. The number of rotatable bonds is 6. The minimum Gasteiger partial charge on any atom is -0.312 e. The average Bonchev–Trinajstić information content (AvgIpc) is 2.85. The fourth-order valence-corrected chi connectivity index (χ4v) is 5.23. The Kier molecular flexibility index (Phi) is 6.30. The monoisotopic (exact) mass is 372 g/mol. The molecule has 0 bridgehead atoms. The van der Waals surface area contributed by atoms with Crippen LogP contribution in [0.4, 0.5) is 0 Å². The Morgan fingerprint density at radius 2 is 2.10 bits per heavy atom. The Morgan fingerprint density at radius 1 is 1.43 bits per heavy atom. The predicted molar refractivity (Wildman–Crippen MR) is 97.2 cm³/mol. The van der Waals surface area contributed by atoms with Crippen molar-refractivity contribution in [3.05, 3.63) is 20.8 Å². The highest BCUT2D eigenvalue weighted by atomic mass is 79.9. The van der Waals surface area contributed by atoms with Gasteiger partial charge >= 0.3 is 0 Å². The number of halogens is 1. The number of nitrogens with one attached hydrogen (secondary N) is 1. The third-order valence-corrected chi connectivity index (χ3v) is 6.88. The molecule has 1 aromatic rings. The second-order valence-corrected chi connectivity index (χ2v) is 8.64. The van der Waals surface area contributed by atoms with Gasteiger partial charge in [-0.1, -0.05) is 13.8 Å². The highest BCUT2D eigenvalue weighted by molar-refractivity contribution is 9.10. The maximum Gasteiger partial charge on any atom is 0.0360 e. The van der Waals surface area contributed by atoms with Gasteiger partial charge in [0.25, 0.3) is 0 Å². The zero-order chi connectivity index (χ0) is 15.5. The summed E-state index contributed by atoms with van der Waals surface area (Å²) in [5.41, 5.74) is 0.305. The van der Waals surface area contributed by atoms with E-state index in [4.69, 9.17) is 0 Å². The Bertz CT molecular complexity index is 436. The van der Waals surface area contributed by atoms with E-state index < -0.39 is 0 Å². The highest BCUT2D eigenvalue weighted by Gasteiger charge is 2.42. The van der Waals surface area contributed by atoms with E-state index in [1.165, 1.54) is 35.0 Å². The number of hydrogen-bond donors (Lipinski definition) is 1. The first kappa shape index (κ1) is 17.5. The van der Waals surface area contributed by atoms with Crippen molar-refractivity contribution in [2.75, 3.05) is 20.6 Å². The molecule has 0 aliphatic heterocycles. The third-order valence-electron chi connectivity index (χ3n) is 5.16. The van der Waals surface area contributed by atoms with E-state index in [0.717, 1.165) is 18.9 Å². The first-order valence-electron chi connectivity index (χ1n) is 8.11. The van der Waals surface area contributed by atoms with Crippen LogP contribution in [0.1, 0.15) is 44.4 Å². The van der Waals surface area contributed by atoms with E-state index in [9.17, 15) is 0 Å². The van der Waals surface area contributed by atoms with Crippen LogP contribution >= 0.6 is 27.3 Å². The smallest absolute Gasteiger partial charge is 0.0360 e. The van der Waals surface area contributed by atoms with Crippen molar-refractivity contribution in [2.45, 2.75) is 57.5 Å². The summed E-state index contributed by atoms with van der Waals surface area (Å²) in [6, 6.07) is 2.82. The van der Waals surface area contributed by atoms with Gasteiger partial charge in [0.2, 0.25) is 0 Å². The summed E-state index contributed by atoms with van der Waals surface area (Å²) >= 11 is 5.46. The van der Waals surface area contributed by atoms with Gasteiger partial charge in [-0.25, -0.2) is 0 Å². The van der Waals surface area contributed by atoms with Crippen LogP contribution in [0.3, 0.4) is 0 Å².